The average Bonchev–Trinajstić information content (AvgIpc) is 2.41. The molecule has 0 bridgehead atoms. The number of benzene rings is 2. The van der Waals surface area contributed by atoms with E-state index in [1.807, 2.05) is 4.72 Å². The molecule has 8 heteroatoms. The first-order chi connectivity index (χ1) is 9.83. The highest BCUT2D eigenvalue weighted by Gasteiger charge is 2.21. The summed E-state index contributed by atoms with van der Waals surface area (Å²) in [5.74, 6) is -3.14. The fourth-order valence-corrected chi connectivity index (χ4v) is 2.80. The molecule has 0 aliphatic heterocycles. The quantitative estimate of drug-likeness (QED) is 0.903. The summed E-state index contributed by atoms with van der Waals surface area (Å²) in [4.78, 5) is 10.4. The molecule has 0 spiro atoms. The van der Waals surface area contributed by atoms with Crippen LogP contribution in [0.25, 0.3) is 0 Å². The van der Waals surface area contributed by atoms with Gasteiger partial charge in [0.1, 0.15) is 10.7 Å². The smallest absolute Gasteiger partial charge is 0.264 e. The first kappa shape index (κ1) is 14.9. The lowest BCUT2D eigenvalue weighted by molar-refractivity contribution is 0.0996. The Morgan fingerprint density at radius 3 is 2.33 bits per heavy atom. The largest absolute Gasteiger partial charge is 0.366 e. The number of carbonyl (C=O) groups is 1. The minimum absolute atomic E-state index is 0.469. The number of nitrogens with two attached hydrogens (primary N) is 1. The number of halogens is 2. The van der Waals surface area contributed by atoms with Crippen molar-refractivity contribution in [3.63, 3.8) is 0 Å². The molecule has 0 saturated carbocycles. The molecule has 0 aromatic heterocycles. The maximum absolute atomic E-state index is 13.9. The summed E-state index contributed by atoms with van der Waals surface area (Å²) in [6.07, 6.45) is 0. The van der Waals surface area contributed by atoms with Gasteiger partial charge in [0.2, 0.25) is 0 Å². The van der Waals surface area contributed by atoms with Crippen LogP contribution < -0.4 is 10.5 Å². The van der Waals surface area contributed by atoms with E-state index in [0.29, 0.717) is 0 Å². The lowest BCUT2D eigenvalue weighted by Gasteiger charge is -2.10. The number of sulfonamides is 1. The summed E-state index contributed by atoms with van der Waals surface area (Å²) in [5.41, 5.74) is 4.01. The molecule has 110 valence electrons. The third-order valence-electron chi connectivity index (χ3n) is 2.63. The first-order valence-electron chi connectivity index (χ1n) is 5.68. The van der Waals surface area contributed by atoms with Crippen molar-refractivity contribution in [1.82, 2.24) is 0 Å². The number of carbonyl (C=O) groups excluding carboxylic acids is 1. The average molecular weight is 312 g/mol. The SMILES string of the molecule is NC(=O)c1cccc(NS(=O)(=O)c2ccccc2F)c1F. The first-order valence-corrected chi connectivity index (χ1v) is 7.17. The summed E-state index contributed by atoms with van der Waals surface area (Å²) < 4.78 is 53.4. The number of nitrogens with one attached hydrogen (secondary N) is 1. The predicted molar refractivity (Wildman–Crippen MR) is 72.1 cm³/mol. The van der Waals surface area contributed by atoms with Crippen molar-refractivity contribution in [3.05, 3.63) is 59.7 Å². The Morgan fingerprint density at radius 1 is 1.05 bits per heavy atom. The van der Waals surface area contributed by atoms with Gasteiger partial charge in [-0.3, -0.25) is 9.52 Å². The molecule has 0 heterocycles. The molecule has 0 radical (unpaired) electrons. The highest BCUT2D eigenvalue weighted by Crippen LogP contribution is 2.22. The van der Waals surface area contributed by atoms with Crippen LogP contribution in [0.3, 0.4) is 0 Å². The van der Waals surface area contributed by atoms with Gasteiger partial charge in [-0.1, -0.05) is 18.2 Å². The van der Waals surface area contributed by atoms with E-state index in [-0.39, 0.29) is 0 Å². The molecule has 1 amide bonds. The van der Waals surface area contributed by atoms with Crippen LogP contribution in [0.1, 0.15) is 10.4 Å². The second-order valence-corrected chi connectivity index (χ2v) is 5.72. The molecule has 5 nitrogen and oxygen atoms in total. The summed E-state index contributed by atoms with van der Waals surface area (Å²) in [7, 11) is -4.33. The van der Waals surface area contributed by atoms with Gasteiger partial charge >= 0.3 is 0 Å². The zero-order chi connectivity index (χ0) is 15.6. The van der Waals surface area contributed by atoms with Crippen LogP contribution in [0.4, 0.5) is 14.5 Å². The van der Waals surface area contributed by atoms with E-state index in [4.69, 9.17) is 5.73 Å². The van der Waals surface area contributed by atoms with Gasteiger partial charge in [0, 0.05) is 0 Å². The highest BCUT2D eigenvalue weighted by molar-refractivity contribution is 7.92. The summed E-state index contributed by atoms with van der Waals surface area (Å²) >= 11 is 0. The second kappa shape index (κ2) is 5.49. The van der Waals surface area contributed by atoms with Crippen LogP contribution in [0, 0.1) is 11.6 Å². The maximum atomic E-state index is 13.9. The molecule has 3 N–H and O–H groups in total. The fraction of sp³-hybridized carbons (Fsp3) is 0. The highest BCUT2D eigenvalue weighted by atomic mass is 32.2. The van der Waals surface area contributed by atoms with Crippen LogP contribution in [0.5, 0.6) is 0 Å². The van der Waals surface area contributed by atoms with E-state index in [9.17, 15) is 22.0 Å². The van der Waals surface area contributed by atoms with E-state index in [1.165, 1.54) is 18.2 Å². The monoisotopic (exact) mass is 312 g/mol. The van der Waals surface area contributed by atoms with Crippen LogP contribution in [0.15, 0.2) is 47.4 Å². The van der Waals surface area contributed by atoms with Gasteiger partial charge in [0.15, 0.2) is 5.82 Å². The molecule has 2 aromatic rings. The molecular formula is C13H10F2N2O3S. The minimum atomic E-state index is -4.33. The maximum Gasteiger partial charge on any atom is 0.264 e. The Kier molecular flexibility index (Phi) is 3.90. The molecule has 0 aliphatic carbocycles. The predicted octanol–water partition coefficient (Wildman–Crippen LogP) is 1.86. The standard InChI is InChI=1S/C13H10F2N2O3S/c14-9-5-1-2-7-11(9)21(19,20)17-10-6-3-4-8(12(10)15)13(16)18/h1-7,17H,(H2,16,18). The summed E-state index contributed by atoms with van der Waals surface area (Å²) in [6, 6.07) is 8.11. The van der Waals surface area contributed by atoms with Crippen molar-refractivity contribution < 1.29 is 22.0 Å². The number of hydrogen-bond acceptors (Lipinski definition) is 3. The van der Waals surface area contributed by atoms with E-state index in [1.54, 1.807) is 0 Å². The van der Waals surface area contributed by atoms with Crippen molar-refractivity contribution >= 4 is 21.6 Å². The fourth-order valence-electron chi connectivity index (χ4n) is 1.66. The Balaban J connectivity index is 2.45. The molecule has 21 heavy (non-hydrogen) atoms. The van der Waals surface area contributed by atoms with E-state index in [2.05, 4.69) is 0 Å². The molecule has 2 rings (SSSR count). The van der Waals surface area contributed by atoms with Crippen molar-refractivity contribution in [1.29, 1.82) is 0 Å². The summed E-state index contributed by atoms with van der Waals surface area (Å²) in [6.45, 7) is 0. The van der Waals surface area contributed by atoms with Crippen molar-refractivity contribution in [2.75, 3.05) is 4.72 Å². The molecule has 0 saturated heterocycles. The van der Waals surface area contributed by atoms with Gasteiger partial charge in [-0.2, -0.15) is 0 Å². The van der Waals surface area contributed by atoms with Gasteiger partial charge in [0.25, 0.3) is 15.9 Å². The number of rotatable bonds is 4. The summed E-state index contributed by atoms with van der Waals surface area (Å²) in [5, 5.41) is 0. The van der Waals surface area contributed by atoms with Crippen LogP contribution in [-0.4, -0.2) is 14.3 Å². The van der Waals surface area contributed by atoms with Crippen molar-refractivity contribution in [2.45, 2.75) is 4.90 Å². The van der Waals surface area contributed by atoms with Crippen LogP contribution in [-0.2, 0) is 10.0 Å². The molecular weight excluding hydrogens is 302 g/mol. The zero-order valence-electron chi connectivity index (χ0n) is 10.5. The van der Waals surface area contributed by atoms with Crippen LogP contribution in [0.2, 0.25) is 0 Å². The van der Waals surface area contributed by atoms with Gasteiger partial charge in [-0.25, -0.2) is 17.2 Å². The normalized spacial score (nSPS) is 11.1. The van der Waals surface area contributed by atoms with Crippen molar-refractivity contribution in [3.8, 4) is 0 Å². The zero-order valence-corrected chi connectivity index (χ0v) is 11.3. The number of amides is 1. The second-order valence-electron chi connectivity index (χ2n) is 4.07. The van der Waals surface area contributed by atoms with E-state index < -0.39 is 43.7 Å². The van der Waals surface area contributed by atoms with Gasteiger partial charge < -0.3 is 5.73 Å². The molecule has 0 fully saturated rings. The number of anilines is 1. The van der Waals surface area contributed by atoms with Gasteiger partial charge in [-0.05, 0) is 24.3 Å². The number of hydrogen-bond donors (Lipinski definition) is 2. The Morgan fingerprint density at radius 2 is 1.71 bits per heavy atom. The van der Waals surface area contributed by atoms with Gasteiger partial charge in [0.05, 0.1) is 11.3 Å². The van der Waals surface area contributed by atoms with Crippen LogP contribution >= 0.6 is 0 Å². The topological polar surface area (TPSA) is 89.3 Å². The number of primary amides is 1. The van der Waals surface area contributed by atoms with E-state index in [0.717, 1.165) is 24.3 Å². The van der Waals surface area contributed by atoms with Gasteiger partial charge in [-0.15, -0.1) is 0 Å². The molecule has 0 unspecified atom stereocenters. The molecule has 2 aromatic carbocycles. The lowest BCUT2D eigenvalue weighted by Crippen LogP contribution is -2.18. The Bertz CT molecular complexity index is 807. The third kappa shape index (κ3) is 3.00. The minimum Gasteiger partial charge on any atom is -0.366 e. The van der Waals surface area contributed by atoms with Crippen molar-refractivity contribution in [2.24, 2.45) is 5.73 Å². The third-order valence-corrected chi connectivity index (χ3v) is 4.03. The molecule has 0 atom stereocenters. The Hall–Kier alpha value is -2.48. The lowest BCUT2D eigenvalue weighted by atomic mass is 10.2. The Labute approximate surface area is 119 Å². The molecule has 0 aliphatic rings. The van der Waals surface area contributed by atoms with E-state index >= 15 is 0 Å².